The van der Waals surface area contributed by atoms with Crippen LogP contribution in [0.5, 0.6) is 0 Å². The molecule has 0 radical (unpaired) electrons. The smallest absolute Gasteiger partial charge is 0.253 e. The van der Waals surface area contributed by atoms with Crippen molar-refractivity contribution in [2.45, 2.75) is 6.54 Å². The first-order valence-corrected chi connectivity index (χ1v) is 8.22. The lowest BCUT2D eigenvalue weighted by atomic mass is 10.1. The molecule has 2 aromatic carbocycles. The van der Waals surface area contributed by atoms with Gasteiger partial charge in [0.25, 0.3) is 5.91 Å². The molecule has 0 saturated carbocycles. The van der Waals surface area contributed by atoms with Crippen LogP contribution < -0.4 is 5.32 Å². The summed E-state index contributed by atoms with van der Waals surface area (Å²) in [5, 5.41) is 3.70. The highest BCUT2D eigenvalue weighted by atomic mass is 35.5. The first-order chi connectivity index (χ1) is 12.0. The second-order valence-electron chi connectivity index (χ2n) is 5.37. The molecule has 0 aliphatic rings. The molecule has 126 valence electrons. The summed E-state index contributed by atoms with van der Waals surface area (Å²) in [5.74, 6) is -0.591. The van der Waals surface area contributed by atoms with E-state index in [9.17, 15) is 9.18 Å². The van der Waals surface area contributed by atoms with Crippen molar-refractivity contribution in [3.05, 3.63) is 87.8 Å². The van der Waals surface area contributed by atoms with Gasteiger partial charge in [0.05, 0.1) is 21.3 Å². The highest BCUT2D eigenvalue weighted by Gasteiger charge is 2.08. The minimum absolute atomic E-state index is 0.260. The Labute approximate surface area is 154 Å². The Morgan fingerprint density at radius 3 is 2.56 bits per heavy atom. The number of hydrogen-bond donors (Lipinski definition) is 1. The van der Waals surface area contributed by atoms with Crippen LogP contribution in [0.4, 0.5) is 4.39 Å². The molecule has 6 heteroatoms. The van der Waals surface area contributed by atoms with Crippen molar-refractivity contribution in [3.63, 3.8) is 0 Å². The predicted octanol–water partition coefficient (Wildman–Crippen LogP) is 5.12. The summed E-state index contributed by atoms with van der Waals surface area (Å²) < 4.78 is 13.3. The maximum absolute atomic E-state index is 13.3. The van der Waals surface area contributed by atoms with Gasteiger partial charge >= 0.3 is 0 Å². The van der Waals surface area contributed by atoms with E-state index in [1.165, 1.54) is 18.3 Å². The Bertz CT molecular complexity index is 914. The first-order valence-electron chi connectivity index (χ1n) is 7.47. The van der Waals surface area contributed by atoms with Crippen molar-refractivity contribution in [2.24, 2.45) is 0 Å². The van der Waals surface area contributed by atoms with E-state index in [2.05, 4.69) is 10.3 Å². The summed E-state index contributed by atoms with van der Waals surface area (Å²) in [7, 11) is 0. The van der Waals surface area contributed by atoms with Gasteiger partial charge in [0.1, 0.15) is 5.82 Å². The van der Waals surface area contributed by atoms with Crippen molar-refractivity contribution in [1.29, 1.82) is 0 Å². The number of carbonyl (C=O) groups is 1. The third kappa shape index (κ3) is 4.35. The van der Waals surface area contributed by atoms with Crippen LogP contribution in [0.15, 0.2) is 60.8 Å². The molecular formula is C19H13Cl2FN2O. The molecule has 0 aliphatic heterocycles. The minimum Gasteiger partial charge on any atom is -0.348 e. The molecular weight excluding hydrogens is 362 g/mol. The molecule has 1 amide bonds. The normalized spacial score (nSPS) is 10.5. The van der Waals surface area contributed by atoms with Gasteiger partial charge in [-0.2, -0.15) is 0 Å². The van der Waals surface area contributed by atoms with E-state index in [0.29, 0.717) is 33.4 Å². The lowest BCUT2D eigenvalue weighted by Crippen LogP contribution is -2.22. The fraction of sp³-hybridized carbons (Fsp3) is 0.0526. The second kappa shape index (κ2) is 7.64. The number of nitrogens with zero attached hydrogens (tertiary/aromatic N) is 1. The SMILES string of the molecule is O=C(NCc1ccc(Cl)c(Cl)c1)c1ccc(-c2cccc(F)c2)nc1. The number of rotatable bonds is 4. The Balaban J connectivity index is 1.67. The zero-order valence-corrected chi connectivity index (χ0v) is 14.5. The number of aromatic nitrogens is 1. The van der Waals surface area contributed by atoms with Gasteiger partial charge in [-0.15, -0.1) is 0 Å². The summed E-state index contributed by atoms with van der Waals surface area (Å²) in [6, 6.07) is 14.6. The number of amides is 1. The van der Waals surface area contributed by atoms with Gasteiger partial charge in [-0.25, -0.2) is 4.39 Å². The molecule has 0 bridgehead atoms. The molecule has 0 spiro atoms. The maximum Gasteiger partial charge on any atom is 0.253 e. The Morgan fingerprint density at radius 1 is 1.04 bits per heavy atom. The molecule has 1 aromatic heterocycles. The van der Waals surface area contributed by atoms with E-state index in [1.54, 1.807) is 42.5 Å². The molecule has 0 fully saturated rings. The second-order valence-corrected chi connectivity index (χ2v) is 6.19. The fourth-order valence-electron chi connectivity index (χ4n) is 2.28. The number of pyridine rings is 1. The van der Waals surface area contributed by atoms with Crippen LogP contribution >= 0.6 is 23.2 Å². The van der Waals surface area contributed by atoms with E-state index in [-0.39, 0.29) is 11.7 Å². The summed E-state index contributed by atoms with van der Waals surface area (Å²) in [5.41, 5.74) is 2.51. The predicted molar refractivity (Wildman–Crippen MR) is 97.3 cm³/mol. The molecule has 3 rings (SSSR count). The maximum atomic E-state index is 13.3. The van der Waals surface area contributed by atoms with Crippen molar-refractivity contribution >= 4 is 29.1 Å². The molecule has 3 nitrogen and oxygen atoms in total. The number of carbonyl (C=O) groups excluding carboxylic acids is 1. The Hall–Kier alpha value is -2.43. The quantitative estimate of drug-likeness (QED) is 0.687. The van der Waals surface area contributed by atoms with Crippen molar-refractivity contribution in [1.82, 2.24) is 10.3 Å². The molecule has 25 heavy (non-hydrogen) atoms. The molecule has 0 atom stereocenters. The summed E-state index contributed by atoms with van der Waals surface area (Å²) in [6.45, 7) is 0.321. The average Bonchev–Trinajstić information content (AvgIpc) is 2.62. The Kier molecular flexibility index (Phi) is 5.31. The molecule has 1 N–H and O–H groups in total. The zero-order valence-electron chi connectivity index (χ0n) is 13.0. The topological polar surface area (TPSA) is 42.0 Å². The van der Waals surface area contributed by atoms with Gasteiger partial charge in [0.2, 0.25) is 0 Å². The molecule has 3 aromatic rings. The number of benzene rings is 2. The number of hydrogen-bond acceptors (Lipinski definition) is 2. The van der Waals surface area contributed by atoms with Gasteiger partial charge in [0, 0.05) is 18.3 Å². The van der Waals surface area contributed by atoms with Crippen molar-refractivity contribution < 1.29 is 9.18 Å². The van der Waals surface area contributed by atoms with Crippen molar-refractivity contribution in [2.75, 3.05) is 0 Å². The average molecular weight is 375 g/mol. The third-order valence-electron chi connectivity index (χ3n) is 3.58. The lowest BCUT2D eigenvalue weighted by molar-refractivity contribution is 0.0950. The molecule has 0 saturated heterocycles. The lowest BCUT2D eigenvalue weighted by Gasteiger charge is -2.07. The van der Waals surface area contributed by atoms with E-state index in [1.807, 2.05) is 0 Å². The van der Waals surface area contributed by atoms with E-state index >= 15 is 0 Å². The van der Waals surface area contributed by atoms with E-state index < -0.39 is 0 Å². The van der Waals surface area contributed by atoms with Crippen LogP contribution in [0.2, 0.25) is 10.0 Å². The third-order valence-corrected chi connectivity index (χ3v) is 4.32. The minimum atomic E-state index is -0.331. The van der Waals surface area contributed by atoms with Gasteiger partial charge in [-0.3, -0.25) is 9.78 Å². The molecule has 0 unspecified atom stereocenters. The van der Waals surface area contributed by atoms with E-state index in [0.717, 1.165) is 5.56 Å². The molecule has 0 aliphatic carbocycles. The highest BCUT2D eigenvalue weighted by Crippen LogP contribution is 2.22. The van der Waals surface area contributed by atoms with Gasteiger partial charge in [-0.1, -0.05) is 41.4 Å². The largest absolute Gasteiger partial charge is 0.348 e. The monoisotopic (exact) mass is 374 g/mol. The standard InChI is InChI=1S/C19H13Cl2FN2O/c20-16-6-4-12(8-17(16)21)10-24-19(25)14-5-7-18(23-11-14)13-2-1-3-15(22)9-13/h1-9,11H,10H2,(H,24,25). The van der Waals surface area contributed by atoms with Crippen LogP contribution in [0, 0.1) is 5.82 Å². The van der Waals surface area contributed by atoms with Crippen molar-refractivity contribution in [3.8, 4) is 11.3 Å². The number of halogens is 3. The molecule has 1 heterocycles. The summed E-state index contributed by atoms with van der Waals surface area (Å²) >= 11 is 11.8. The Morgan fingerprint density at radius 2 is 1.88 bits per heavy atom. The zero-order chi connectivity index (χ0) is 17.8. The first kappa shape index (κ1) is 17.4. The number of nitrogens with one attached hydrogen (secondary N) is 1. The van der Waals surface area contributed by atoms with Gasteiger partial charge in [-0.05, 0) is 42.0 Å². The highest BCUT2D eigenvalue weighted by molar-refractivity contribution is 6.42. The van der Waals surface area contributed by atoms with Gasteiger partial charge < -0.3 is 5.32 Å². The van der Waals surface area contributed by atoms with Crippen LogP contribution in [0.1, 0.15) is 15.9 Å². The van der Waals surface area contributed by atoms with Crippen LogP contribution in [0.25, 0.3) is 11.3 Å². The van der Waals surface area contributed by atoms with Crippen LogP contribution in [0.3, 0.4) is 0 Å². The van der Waals surface area contributed by atoms with Crippen LogP contribution in [-0.2, 0) is 6.54 Å². The van der Waals surface area contributed by atoms with Gasteiger partial charge in [0.15, 0.2) is 0 Å². The fourth-order valence-corrected chi connectivity index (χ4v) is 2.60. The summed E-state index contributed by atoms with van der Waals surface area (Å²) in [4.78, 5) is 16.4. The van der Waals surface area contributed by atoms with E-state index in [4.69, 9.17) is 23.2 Å². The summed E-state index contributed by atoms with van der Waals surface area (Å²) in [6.07, 6.45) is 1.46. The van der Waals surface area contributed by atoms with Crippen LogP contribution in [-0.4, -0.2) is 10.9 Å².